The van der Waals surface area contributed by atoms with Crippen molar-refractivity contribution < 1.29 is 14.6 Å². The highest BCUT2D eigenvalue weighted by molar-refractivity contribution is 5.66. The smallest absolute Gasteiger partial charge is 0.303 e. The Morgan fingerprint density at radius 2 is 1.74 bits per heavy atom. The van der Waals surface area contributed by atoms with Crippen molar-refractivity contribution in [3.63, 3.8) is 0 Å². The first kappa shape index (κ1) is 20.0. The van der Waals surface area contributed by atoms with Crippen LogP contribution >= 0.6 is 0 Å². The van der Waals surface area contributed by atoms with Gasteiger partial charge in [-0.15, -0.1) is 0 Å². The van der Waals surface area contributed by atoms with E-state index in [0.29, 0.717) is 18.6 Å². The molecule has 0 radical (unpaired) electrons. The van der Waals surface area contributed by atoms with E-state index in [9.17, 15) is 4.79 Å². The van der Waals surface area contributed by atoms with Crippen LogP contribution in [0, 0.1) is 0 Å². The number of hydrogen-bond donors (Lipinski definition) is 1. The zero-order valence-electron chi connectivity index (χ0n) is 14.7. The van der Waals surface area contributed by atoms with E-state index >= 15 is 0 Å². The average Bonchev–Trinajstić information content (AvgIpc) is 3.27. The van der Waals surface area contributed by atoms with Crippen molar-refractivity contribution in [2.45, 2.75) is 96.2 Å². The minimum atomic E-state index is -0.680. The highest BCUT2D eigenvalue weighted by Gasteiger charge is 2.36. The van der Waals surface area contributed by atoms with Gasteiger partial charge in [-0.25, -0.2) is 0 Å². The molecule has 0 bridgehead atoms. The van der Waals surface area contributed by atoms with Crippen LogP contribution in [0.1, 0.15) is 84.0 Å². The second-order valence-electron chi connectivity index (χ2n) is 6.47. The first-order valence-corrected chi connectivity index (χ1v) is 9.41. The number of carboxylic acids is 1. The number of ether oxygens (including phenoxy) is 1. The van der Waals surface area contributed by atoms with Gasteiger partial charge in [0.25, 0.3) is 0 Å². The van der Waals surface area contributed by atoms with E-state index in [-0.39, 0.29) is 0 Å². The normalized spacial score (nSPS) is 20.6. The molecule has 3 heteroatoms. The van der Waals surface area contributed by atoms with Crippen molar-refractivity contribution in [1.29, 1.82) is 0 Å². The fourth-order valence-corrected chi connectivity index (χ4v) is 2.75. The monoisotopic (exact) mass is 322 g/mol. The lowest BCUT2D eigenvalue weighted by Crippen LogP contribution is -1.93. The lowest BCUT2D eigenvalue weighted by Gasteiger charge is -1.96. The molecule has 1 heterocycles. The van der Waals surface area contributed by atoms with Gasteiger partial charge in [-0.3, -0.25) is 4.79 Å². The molecule has 1 aliphatic rings. The molecule has 0 unspecified atom stereocenters. The van der Waals surface area contributed by atoms with Gasteiger partial charge in [-0.1, -0.05) is 63.3 Å². The van der Waals surface area contributed by atoms with Crippen LogP contribution in [0.25, 0.3) is 0 Å². The van der Waals surface area contributed by atoms with Crippen molar-refractivity contribution >= 4 is 5.97 Å². The Morgan fingerprint density at radius 1 is 0.957 bits per heavy atom. The van der Waals surface area contributed by atoms with Crippen molar-refractivity contribution in [1.82, 2.24) is 0 Å². The van der Waals surface area contributed by atoms with E-state index in [2.05, 4.69) is 31.2 Å². The predicted octanol–water partition coefficient (Wildman–Crippen LogP) is 5.65. The molecule has 0 aromatic carbocycles. The summed E-state index contributed by atoms with van der Waals surface area (Å²) in [6.07, 6.45) is 22.7. The first-order chi connectivity index (χ1) is 11.2. The number of hydrogen-bond acceptors (Lipinski definition) is 2. The van der Waals surface area contributed by atoms with Crippen LogP contribution in [-0.2, 0) is 9.53 Å². The van der Waals surface area contributed by atoms with Gasteiger partial charge >= 0.3 is 5.97 Å². The average molecular weight is 322 g/mol. The van der Waals surface area contributed by atoms with Crippen LogP contribution in [0.5, 0.6) is 0 Å². The minimum absolute atomic E-state index is 0.310. The molecular formula is C20H34O3. The summed E-state index contributed by atoms with van der Waals surface area (Å²) in [6.45, 7) is 2.24. The molecule has 0 aliphatic carbocycles. The molecule has 0 saturated carbocycles. The second kappa shape index (κ2) is 13.4. The van der Waals surface area contributed by atoms with Crippen LogP contribution in [0.4, 0.5) is 0 Å². The van der Waals surface area contributed by atoms with Gasteiger partial charge in [-0.2, -0.15) is 0 Å². The maximum atomic E-state index is 10.4. The summed E-state index contributed by atoms with van der Waals surface area (Å²) in [6, 6.07) is 0. The van der Waals surface area contributed by atoms with Crippen molar-refractivity contribution in [2.24, 2.45) is 0 Å². The molecule has 1 rings (SSSR count). The van der Waals surface area contributed by atoms with E-state index in [1.165, 1.54) is 25.7 Å². The molecule has 1 aliphatic heterocycles. The van der Waals surface area contributed by atoms with Crippen LogP contribution in [0.15, 0.2) is 24.3 Å². The highest BCUT2D eigenvalue weighted by Crippen LogP contribution is 2.30. The summed E-state index contributed by atoms with van der Waals surface area (Å²) in [7, 11) is 0. The van der Waals surface area contributed by atoms with Gasteiger partial charge in [0.1, 0.15) is 0 Å². The Morgan fingerprint density at radius 3 is 2.52 bits per heavy atom. The van der Waals surface area contributed by atoms with Gasteiger partial charge in [0, 0.05) is 6.42 Å². The number of rotatable bonds is 15. The summed E-state index contributed by atoms with van der Waals surface area (Å²) in [5, 5.41) is 8.53. The molecule has 0 amide bonds. The largest absolute Gasteiger partial charge is 0.481 e. The quantitative estimate of drug-likeness (QED) is 0.241. The molecule has 1 N–H and O–H groups in total. The molecule has 132 valence electrons. The SMILES string of the molecule is CCCCC[C@@H]1O[C@@H]1C/C=C\C/C=C\CCCCCCC(=O)O. The van der Waals surface area contributed by atoms with E-state index in [1.54, 1.807) is 0 Å². The van der Waals surface area contributed by atoms with Crippen molar-refractivity contribution in [3.05, 3.63) is 24.3 Å². The zero-order valence-corrected chi connectivity index (χ0v) is 14.7. The lowest BCUT2D eigenvalue weighted by atomic mass is 10.1. The van der Waals surface area contributed by atoms with E-state index in [1.807, 2.05) is 0 Å². The number of unbranched alkanes of at least 4 members (excludes halogenated alkanes) is 6. The summed E-state index contributed by atoms with van der Waals surface area (Å²) in [5.41, 5.74) is 0. The zero-order chi connectivity index (χ0) is 16.8. The first-order valence-electron chi connectivity index (χ1n) is 9.41. The van der Waals surface area contributed by atoms with Gasteiger partial charge < -0.3 is 9.84 Å². The van der Waals surface area contributed by atoms with E-state index in [0.717, 1.165) is 44.9 Å². The molecule has 0 aromatic rings. The minimum Gasteiger partial charge on any atom is -0.481 e. The van der Waals surface area contributed by atoms with E-state index < -0.39 is 5.97 Å². The fourth-order valence-electron chi connectivity index (χ4n) is 2.75. The summed E-state index contributed by atoms with van der Waals surface area (Å²) < 4.78 is 5.66. The molecule has 1 fully saturated rings. The number of allylic oxidation sites excluding steroid dienone is 3. The van der Waals surface area contributed by atoms with Gasteiger partial charge in [0.15, 0.2) is 0 Å². The molecule has 2 atom stereocenters. The van der Waals surface area contributed by atoms with Gasteiger partial charge in [0.05, 0.1) is 12.2 Å². The molecule has 1 saturated heterocycles. The Kier molecular flexibility index (Phi) is 11.6. The lowest BCUT2D eigenvalue weighted by molar-refractivity contribution is -0.137. The number of aliphatic carboxylic acids is 1. The van der Waals surface area contributed by atoms with Crippen LogP contribution in [0.2, 0.25) is 0 Å². The standard InChI is InChI=1S/C20H34O3/c1-2-3-12-15-18-19(23-18)16-13-10-8-6-4-5-7-9-11-14-17-20(21)22/h4,6,10,13,18-19H,2-3,5,7-9,11-12,14-17H2,1H3,(H,21,22)/b6-4-,13-10-/t18-,19+/m0/s1. The molecular weight excluding hydrogens is 288 g/mol. The maximum Gasteiger partial charge on any atom is 0.303 e. The van der Waals surface area contributed by atoms with Gasteiger partial charge in [-0.05, 0) is 38.5 Å². The summed E-state index contributed by atoms with van der Waals surface area (Å²) in [5.74, 6) is -0.680. The third kappa shape index (κ3) is 12.1. The van der Waals surface area contributed by atoms with Crippen LogP contribution < -0.4 is 0 Å². The van der Waals surface area contributed by atoms with Crippen LogP contribution in [0.3, 0.4) is 0 Å². The molecule has 0 spiro atoms. The second-order valence-corrected chi connectivity index (χ2v) is 6.47. The van der Waals surface area contributed by atoms with Crippen LogP contribution in [-0.4, -0.2) is 23.3 Å². The number of epoxide rings is 1. The Hall–Kier alpha value is -1.09. The van der Waals surface area contributed by atoms with E-state index in [4.69, 9.17) is 9.84 Å². The third-order valence-electron chi connectivity index (χ3n) is 4.27. The van der Waals surface area contributed by atoms with Crippen molar-refractivity contribution in [2.75, 3.05) is 0 Å². The Bertz CT molecular complexity index is 360. The number of carbonyl (C=O) groups is 1. The molecule has 0 aromatic heterocycles. The van der Waals surface area contributed by atoms with Crippen molar-refractivity contribution in [3.8, 4) is 0 Å². The van der Waals surface area contributed by atoms with Gasteiger partial charge in [0.2, 0.25) is 0 Å². The molecule has 23 heavy (non-hydrogen) atoms. The summed E-state index contributed by atoms with van der Waals surface area (Å²) >= 11 is 0. The third-order valence-corrected chi connectivity index (χ3v) is 4.27. The maximum absolute atomic E-state index is 10.4. The Labute approximate surface area is 141 Å². The predicted molar refractivity (Wildman–Crippen MR) is 95.7 cm³/mol. The topological polar surface area (TPSA) is 49.8 Å². The Balaban J connectivity index is 1.84. The summed E-state index contributed by atoms with van der Waals surface area (Å²) in [4.78, 5) is 10.4. The molecule has 3 nitrogen and oxygen atoms in total. The fraction of sp³-hybridized carbons (Fsp3) is 0.750. The highest BCUT2D eigenvalue weighted by atomic mass is 16.6. The number of carboxylic acid groups (broad SMARTS) is 1.